The van der Waals surface area contributed by atoms with Crippen LogP contribution in [0.3, 0.4) is 0 Å². The van der Waals surface area contributed by atoms with E-state index in [4.69, 9.17) is 11.6 Å². The first-order valence-corrected chi connectivity index (χ1v) is 6.41. The van der Waals surface area contributed by atoms with Crippen LogP contribution in [-0.4, -0.2) is 29.9 Å². The van der Waals surface area contributed by atoms with Crippen molar-refractivity contribution >= 4 is 35.6 Å². The van der Waals surface area contributed by atoms with Crippen LogP contribution in [0.1, 0.15) is 11.3 Å². The molecule has 0 bridgehead atoms. The average Bonchev–Trinajstić information content (AvgIpc) is 2.76. The Kier molecular flexibility index (Phi) is 4.34. The molecular weight excluding hydrogens is 316 g/mol. The minimum atomic E-state index is -0.382. The van der Waals surface area contributed by atoms with Crippen molar-refractivity contribution in [2.24, 2.45) is 4.99 Å². The molecule has 21 heavy (non-hydrogen) atoms. The number of rotatable bonds is 1. The first-order chi connectivity index (χ1) is 9.59. The quantitative estimate of drug-likeness (QED) is 0.793. The smallest absolute Gasteiger partial charge is 0.262 e. The summed E-state index contributed by atoms with van der Waals surface area (Å²) >= 11 is 6.10. The van der Waals surface area contributed by atoms with E-state index in [1.807, 2.05) is 0 Å². The molecule has 1 aromatic heterocycles. The van der Waals surface area contributed by atoms with Crippen LogP contribution in [0, 0.1) is 5.82 Å². The van der Waals surface area contributed by atoms with Gasteiger partial charge in [-0.25, -0.2) is 14.1 Å². The van der Waals surface area contributed by atoms with Crippen LogP contribution in [-0.2, 0) is 4.79 Å². The number of hydrogen-bond donors (Lipinski definition) is 0. The first kappa shape index (κ1) is 15.5. The number of halogens is 3. The van der Waals surface area contributed by atoms with Crippen molar-refractivity contribution in [2.75, 3.05) is 18.6 Å². The van der Waals surface area contributed by atoms with Gasteiger partial charge in [-0.05, 0) is 24.3 Å². The average molecular weight is 328 g/mol. The Balaban J connectivity index is 0.00000161. The zero-order chi connectivity index (χ0) is 14.3. The summed E-state index contributed by atoms with van der Waals surface area (Å²) in [5, 5.41) is 1.76. The van der Waals surface area contributed by atoms with E-state index >= 15 is 0 Å². The standard InChI is InChI=1S/C14H11ClFN3O.ClH/c1-18-13(20)8-17-14(9-4-2-3-5-10(9)16)11-6-7-12(15)19(11)18;/h2-7H,8H2,1H3;1H. The van der Waals surface area contributed by atoms with Gasteiger partial charge in [0.1, 0.15) is 17.5 Å². The van der Waals surface area contributed by atoms with Crippen LogP contribution in [0.2, 0.25) is 5.15 Å². The van der Waals surface area contributed by atoms with Gasteiger partial charge in [0.25, 0.3) is 5.91 Å². The molecule has 1 amide bonds. The Morgan fingerprint density at radius 1 is 1.24 bits per heavy atom. The summed E-state index contributed by atoms with van der Waals surface area (Å²) < 4.78 is 15.5. The highest BCUT2D eigenvalue weighted by Crippen LogP contribution is 2.22. The molecule has 0 radical (unpaired) electrons. The predicted molar refractivity (Wildman–Crippen MR) is 82.7 cm³/mol. The van der Waals surface area contributed by atoms with Gasteiger partial charge >= 0.3 is 0 Å². The Morgan fingerprint density at radius 2 is 1.95 bits per heavy atom. The van der Waals surface area contributed by atoms with Crippen LogP contribution < -0.4 is 5.01 Å². The summed E-state index contributed by atoms with van der Waals surface area (Å²) in [4.78, 5) is 16.2. The normalized spacial score (nSPS) is 14.1. The second-order valence-electron chi connectivity index (χ2n) is 4.42. The fraction of sp³-hybridized carbons (Fsp3) is 0.143. The molecule has 0 saturated carbocycles. The molecule has 1 aliphatic rings. The van der Waals surface area contributed by atoms with Gasteiger partial charge in [0.15, 0.2) is 0 Å². The number of fused-ring (bicyclic) bond motifs is 1. The number of nitrogens with zero attached hydrogens (tertiary/aromatic N) is 3. The van der Waals surface area contributed by atoms with Gasteiger partial charge in [0.05, 0.1) is 11.4 Å². The number of aromatic nitrogens is 1. The number of carbonyl (C=O) groups excluding carboxylic acids is 1. The summed E-state index contributed by atoms with van der Waals surface area (Å²) in [6, 6.07) is 9.72. The van der Waals surface area contributed by atoms with E-state index in [1.165, 1.54) is 15.8 Å². The lowest BCUT2D eigenvalue weighted by Crippen LogP contribution is -2.38. The maximum Gasteiger partial charge on any atom is 0.262 e. The predicted octanol–water partition coefficient (Wildman–Crippen LogP) is 2.65. The van der Waals surface area contributed by atoms with E-state index in [0.717, 1.165) is 0 Å². The molecule has 1 aliphatic heterocycles. The molecular formula is C14H12Cl2FN3O. The van der Waals surface area contributed by atoms with Crippen LogP contribution in [0.25, 0.3) is 0 Å². The number of aliphatic imine (C=N–C) groups is 1. The Hall–Kier alpha value is -1.85. The third-order valence-corrected chi connectivity index (χ3v) is 3.50. The van der Waals surface area contributed by atoms with Crippen molar-refractivity contribution in [2.45, 2.75) is 0 Å². The molecule has 2 heterocycles. The zero-order valence-corrected chi connectivity index (χ0v) is 12.7. The Morgan fingerprint density at radius 3 is 2.67 bits per heavy atom. The highest BCUT2D eigenvalue weighted by molar-refractivity contribution is 6.30. The van der Waals surface area contributed by atoms with Crippen molar-refractivity contribution < 1.29 is 9.18 Å². The second kappa shape index (κ2) is 5.87. The second-order valence-corrected chi connectivity index (χ2v) is 4.80. The van der Waals surface area contributed by atoms with E-state index < -0.39 is 0 Å². The molecule has 0 aliphatic carbocycles. The maximum absolute atomic E-state index is 14.0. The van der Waals surface area contributed by atoms with Crippen LogP contribution in [0.4, 0.5) is 4.39 Å². The monoisotopic (exact) mass is 327 g/mol. The van der Waals surface area contributed by atoms with E-state index in [-0.39, 0.29) is 30.7 Å². The van der Waals surface area contributed by atoms with Crippen molar-refractivity contribution in [1.82, 2.24) is 4.68 Å². The van der Waals surface area contributed by atoms with Gasteiger partial charge in [0.2, 0.25) is 0 Å². The first-order valence-electron chi connectivity index (χ1n) is 6.03. The van der Waals surface area contributed by atoms with Gasteiger partial charge in [-0.15, -0.1) is 12.4 Å². The van der Waals surface area contributed by atoms with E-state index in [9.17, 15) is 9.18 Å². The molecule has 0 spiro atoms. The summed E-state index contributed by atoms with van der Waals surface area (Å²) in [6.45, 7) is -0.0435. The van der Waals surface area contributed by atoms with Crippen LogP contribution in [0.15, 0.2) is 41.4 Å². The van der Waals surface area contributed by atoms with Crippen LogP contribution in [0.5, 0.6) is 0 Å². The fourth-order valence-corrected chi connectivity index (χ4v) is 2.47. The minimum absolute atomic E-state index is 0. The van der Waals surface area contributed by atoms with Crippen molar-refractivity contribution in [3.8, 4) is 0 Å². The third kappa shape index (κ3) is 2.54. The molecule has 110 valence electrons. The van der Waals surface area contributed by atoms with Gasteiger partial charge in [-0.2, -0.15) is 0 Å². The Bertz CT molecular complexity index is 727. The lowest BCUT2D eigenvalue weighted by Gasteiger charge is -2.19. The van der Waals surface area contributed by atoms with Gasteiger partial charge in [0, 0.05) is 12.6 Å². The SMILES string of the molecule is CN1C(=O)CN=C(c2ccccc2F)c2ccc(Cl)n21.Cl. The Labute approximate surface area is 132 Å². The number of likely N-dealkylation sites (N-methyl/N-ethyl adjacent to an activating group) is 1. The lowest BCUT2D eigenvalue weighted by molar-refractivity contribution is -0.118. The highest BCUT2D eigenvalue weighted by Gasteiger charge is 2.25. The summed E-state index contributed by atoms with van der Waals surface area (Å²) in [6.07, 6.45) is 0. The molecule has 4 nitrogen and oxygen atoms in total. The van der Waals surface area contributed by atoms with E-state index in [2.05, 4.69) is 4.99 Å². The molecule has 0 saturated heterocycles. The minimum Gasteiger partial charge on any atom is -0.272 e. The molecule has 3 rings (SSSR count). The van der Waals surface area contributed by atoms with Gasteiger partial charge in [-0.3, -0.25) is 9.79 Å². The number of benzene rings is 1. The van der Waals surface area contributed by atoms with Gasteiger partial charge < -0.3 is 0 Å². The molecule has 2 aromatic rings. The summed E-state index contributed by atoms with van der Waals surface area (Å²) in [7, 11) is 1.61. The van der Waals surface area contributed by atoms with E-state index in [0.29, 0.717) is 22.1 Å². The van der Waals surface area contributed by atoms with Crippen molar-refractivity contribution in [3.63, 3.8) is 0 Å². The molecule has 7 heteroatoms. The lowest BCUT2D eigenvalue weighted by atomic mass is 10.1. The summed E-state index contributed by atoms with van der Waals surface area (Å²) in [5.41, 5.74) is 1.37. The molecule has 0 atom stereocenters. The number of amides is 1. The van der Waals surface area contributed by atoms with Crippen molar-refractivity contribution in [3.05, 3.63) is 58.6 Å². The van der Waals surface area contributed by atoms with Crippen LogP contribution >= 0.6 is 24.0 Å². The molecule has 1 aromatic carbocycles. The molecule has 0 fully saturated rings. The maximum atomic E-state index is 14.0. The number of carbonyl (C=O) groups is 1. The zero-order valence-electron chi connectivity index (χ0n) is 11.1. The summed E-state index contributed by atoms with van der Waals surface area (Å²) in [5.74, 6) is -0.595. The highest BCUT2D eigenvalue weighted by atomic mass is 35.5. The largest absolute Gasteiger partial charge is 0.272 e. The third-order valence-electron chi connectivity index (χ3n) is 3.21. The molecule has 0 unspecified atom stereocenters. The topological polar surface area (TPSA) is 37.6 Å². The number of hydrogen-bond acceptors (Lipinski definition) is 2. The van der Waals surface area contributed by atoms with E-state index in [1.54, 1.807) is 37.4 Å². The fourth-order valence-electron chi connectivity index (χ4n) is 2.21. The van der Waals surface area contributed by atoms with Gasteiger partial charge in [-0.1, -0.05) is 23.7 Å². The molecule has 0 N–H and O–H groups in total. The van der Waals surface area contributed by atoms with Crippen molar-refractivity contribution in [1.29, 1.82) is 0 Å².